The molecule has 4 aromatic heterocycles. The van der Waals surface area contributed by atoms with E-state index in [0.717, 1.165) is 22.4 Å². The van der Waals surface area contributed by atoms with Gasteiger partial charge in [-0.25, -0.2) is 4.98 Å². The summed E-state index contributed by atoms with van der Waals surface area (Å²) in [6, 6.07) is 57.0. The minimum Gasteiger partial charge on any atom is -0.309 e. The summed E-state index contributed by atoms with van der Waals surface area (Å²) in [5.41, 5.74) is 10.7. The highest BCUT2D eigenvalue weighted by Crippen LogP contribution is 2.40. The number of para-hydroxylation sites is 2. The largest absolute Gasteiger partial charge is 0.309 e. The lowest BCUT2D eigenvalue weighted by atomic mass is 9.99. The first-order valence-corrected chi connectivity index (χ1v) is 15.7. The summed E-state index contributed by atoms with van der Waals surface area (Å²) in [4.78, 5) is 4.98. The minimum absolute atomic E-state index is 0.905. The number of aromatic nitrogens is 3. The lowest BCUT2D eigenvalue weighted by molar-refractivity contribution is 1.08. The first kappa shape index (κ1) is 25.2. The number of benzene rings is 6. The zero-order chi connectivity index (χ0) is 30.2. The molecule has 46 heavy (non-hydrogen) atoms. The number of pyridine rings is 2. The maximum Gasteiger partial charge on any atom is 0.138 e. The van der Waals surface area contributed by atoms with Gasteiger partial charge in [0.25, 0.3) is 0 Å². The third-order valence-corrected chi connectivity index (χ3v) is 9.51. The maximum absolute atomic E-state index is 4.98. The molecule has 0 fully saturated rings. The minimum atomic E-state index is 0.905. The van der Waals surface area contributed by atoms with Crippen LogP contribution in [0, 0.1) is 0 Å². The molecule has 3 nitrogen and oxygen atoms in total. The number of rotatable bonds is 3. The Labute approximate surface area is 265 Å². The van der Waals surface area contributed by atoms with Gasteiger partial charge in [-0.1, -0.05) is 109 Å². The second-order valence-corrected chi connectivity index (χ2v) is 12.1. The summed E-state index contributed by atoms with van der Waals surface area (Å²) in [7, 11) is 0. The molecule has 0 saturated carbocycles. The van der Waals surface area contributed by atoms with E-state index in [9.17, 15) is 0 Å². The summed E-state index contributed by atoms with van der Waals surface area (Å²) in [5.74, 6) is 0.905. The Kier molecular flexibility index (Phi) is 5.28. The Bertz CT molecular complexity index is 2800. The molecule has 10 rings (SSSR count). The van der Waals surface area contributed by atoms with E-state index in [0.29, 0.717) is 0 Å². The van der Waals surface area contributed by atoms with Gasteiger partial charge in [0.1, 0.15) is 5.82 Å². The van der Waals surface area contributed by atoms with Crippen LogP contribution in [-0.4, -0.2) is 14.0 Å². The van der Waals surface area contributed by atoms with Crippen LogP contribution in [0.25, 0.3) is 88.0 Å². The van der Waals surface area contributed by atoms with Crippen molar-refractivity contribution in [3.05, 3.63) is 164 Å². The van der Waals surface area contributed by atoms with E-state index < -0.39 is 0 Å². The summed E-state index contributed by atoms with van der Waals surface area (Å²) >= 11 is 0. The van der Waals surface area contributed by atoms with Gasteiger partial charge in [-0.2, -0.15) is 0 Å². The molecule has 0 unspecified atom stereocenters. The topological polar surface area (TPSA) is 22.2 Å². The molecule has 0 spiro atoms. The van der Waals surface area contributed by atoms with Gasteiger partial charge < -0.3 is 4.40 Å². The van der Waals surface area contributed by atoms with Crippen LogP contribution in [0.2, 0.25) is 0 Å². The monoisotopic (exact) mass is 585 g/mol. The Morgan fingerprint density at radius 1 is 0.348 bits per heavy atom. The highest BCUT2D eigenvalue weighted by Gasteiger charge is 2.18. The molecule has 0 bridgehead atoms. The van der Waals surface area contributed by atoms with Crippen molar-refractivity contribution in [2.75, 3.05) is 0 Å². The van der Waals surface area contributed by atoms with Crippen molar-refractivity contribution in [2.24, 2.45) is 0 Å². The quantitative estimate of drug-likeness (QED) is 0.189. The lowest BCUT2D eigenvalue weighted by Crippen LogP contribution is -1.98. The van der Waals surface area contributed by atoms with E-state index >= 15 is 0 Å². The summed E-state index contributed by atoms with van der Waals surface area (Å²) in [6.45, 7) is 0. The van der Waals surface area contributed by atoms with Crippen molar-refractivity contribution >= 4 is 59.9 Å². The van der Waals surface area contributed by atoms with Gasteiger partial charge in [-0.15, -0.1) is 0 Å². The van der Waals surface area contributed by atoms with Crippen LogP contribution in [0.3, 0.4) is 0 Å². The molecule has 0 saturated heterocycles. The van der Waals surface area contributed by atoms with Gasteiger partial charge in [0.2, 0.25) is 0 Å². The van der Waals surface area contributed by atoms with Gasteiger partial charge in [-0.05, 0) is 76.2 Å². The molecule has 214 valence electrons. The molecule has 0 atom stereocenters. The molecule has 0 N–H and O–H groups in total. The lowest BCUT2D eigenvalue weighted by Gasteiger charge is -2.13. The Balaban J connectivity index is 1.27. The number of hydrogen-bond donors (Lipinski definition) is 0. The molecular weight excluding hydrogens is 558 g/mol. The Morgan fingerprint density at radius 3 is 1.80 bits per heavy atom. The van der Waals surface area contributed by atoms with E-state index in [1.165, 1.54) is 65.6 Å². The number of fused-ring (bicyclic) bond motifs is 11. The van der Waals surface area contributed by atoms with E-state index in [-0.39, 0.29) is 0 Å². The van der Waals surface area contributed by atoms with Crippen molar-refractivity contribution in [3.63, 3.8) is 0 Å². The van der Waals surface area contributed by atoms with Crippen molar-refractivity contribution < 1.29 is 0 Å². The van der Waals surface area contributed by atoms with Crippen LogP contribution in [0.5, 0.6) is 0 Å². The zero-order valence-corrected chi connectivity index (χ0v) is 24.9. The highest BCUT2D eigenvalue weighted by atomic mass is 15.1. The van der Waals surface area contributed by atoms with E-state index in [2.05, 4.69) is 167 Å². The summed E-state index contributed by atoms with van der Waals surface area (Å²) in [6.07, 6.45) is 1.94. The Morgan fingerprint density at radius 2 is 0.957 bits per heavy atom. The third kappa shape index (κ3) is 3.63. The maximum atomic E-state index is 4.98. The van der Waals surface area contributed by atoms with Crippen molar-refractivity contribution in [3.8, 4) is 28.1 Å². The van der Waals surface area contributed by atoms with Crippen LogP contribution >= 0.6 is 0 Å². The van der Waals surface area contributed by atoms with Gasteiger partial charge in [-0.3, -0.25) is 4.57 Å². The predicted octanol–water partition coefficient (Wildman–Crippen LogP) is 11.2. The Hall–Kier alpha value is -6.19. The summed E-state index contributed by atoms with van der Waals surface area (Å²) < 4.78 is 4.77. The van der Waals surface area contributed by atoms with Gasteiger partial charge in [0.05, 0.1) is 27.6 Å². The molecule has 0 aliphatic carbocycles. The number of nitrogens with zero attached hydrogens (tertiary/aromatic N) is 3. The van der Waals surface area contributed by atoms with Crippen molar-refractivity contribution in [1.29, 1.82) is 0 Å². The van der Waals surface area contributed by atoms with Gasteiger partial charge >= 0.3 is 0 Å². The number of hydrogen-bond acceptors (Lipinski definition) is 1. The molecule has 0 radical (unpaired) electrons. The zero-order valence-electron chi connectivity index (χ0n) is 24.9. The molecule has 0 amide bonds. The second-order valence-electron chi connectivity index (χ2n) is 12.1. The van der Waals surface area contributed by atoms with E-state index in [4.69, 9.17) is 4.98 Å². The van der Waals surface area contributed by atoms with Crippen LogP contribution in [0.15, 0.2) is 164 Å². The van der Waals surface area contributed by atoms with E-state index in [1.807, 2.05) is 6.20 Å². The SMILES string of the molecule is c1ccc(-c2cccc(-c3ccnc(-n4c5ccccc5c5cc6c7ccccc7c7cc8ccccc8n7c6cc54)c3)c2)cc1. The molecule has 10 aromatic rings. The van der Waals surface area contributed by atoms with Gasteiger partial charge in [0.15, 0.2) is 0 Å². The van der Waals surface area contributed by atoms with Crippen LogP contribution < -0.4 is 0 Å². The fourth-order valence-corrected chi connectivity index (χ4v) is 7.43. The van der Waals surface area contributed by atoms with Crippen LogP contribution in [0.4, 0.5) is 0 Å². The molecule has 3 heteroatoms. The first-order chi connectivity index (χ1) is 22.8. The fraction of sp³-hybridized carbons (Fsp3) is 0. The predicted molar refractivity (Wildman–Crippen MR) is 193 cm³/mol. The third-order valence-electron chi connectivity index (χ3n) is 9.51. The van der Waals surface area contributed by atoms with Crippen molar-refractivity contribution in [1.82, 2.24) is 14.0 Å². The molecular formula is C43H27N3. The normalized spacial score (nSPS) is 11.9. The fourth-order valence-electron chi connectivity index (χ4n) is 7.43. The molecule has 0 aliphatic heterocycles. The highest BCUT2D eigenvalue weighted by molar-refractivity contribution is 6.21. The smallest absolute Gasteiger partial charge is 0.138 e. The van der Waals surface area contributed by atoms with Crippen LogP contribution in [-0.2, 0) is 0 Å². The molecule has 6 aromatic carbocycles. The molecule has 4 heterocycles. The molecule has 0 aliphatic rings. The van der Waals surface area contributed by atoms with E-state index in [1.54, 1.807) is 0 Å². The van der Waals surface area contributed by atoms with Crippen LogP contribution in [0.1, 0.15) is 0 Å². The average Bonchev–Trinajstić information content (AvgIpc) is 3.68. The van der Waals surface area contributed by atoms with Crippen molar-refractivity contribution in [2.45, 2.75) is 0 Å². The van der Waals surface area contributed by atoms with Gasteiger partial charge in [0, 0.05) is 33.1 Å². The first-order valence-electron chi connectivity index (χ1n) is 15.7. The summed E-state index contributed by atoms with van der Waals surface area (Å²) in [5, 5.41) is 7.47. The standard InChI is InChI=1S/C43H27N3/c1-2-11-28(12-3-1)29-14-10-15-30(23-29)31-21-22-44-43(25-31)46-39-20-9-7-18-35(39)37-26-36-33-16-5-6-17-34(33)40-24-32-13-4-8-19-38(32)45(40)41(36)27-42(37)46/h1-27H. The second kappa shape index (κ2) is 9.65. The average molecular weight is 586 g/mol.